The third-order valence-corrected chi connectivity index (χ3v) is 5.96. The van der Waals surface area contributed by atoms with Gasteiger partial charge in [-0.25, -0.2) is 0 Å². The molecular formula is C23H35IN4O3. The molecule has 0 aromatic heterocycles. The van der Waals surface area contributed by atoms with Crippen molar-refractivity contribution in [2.75, 3.05) is 39.8 Å². The summed E-state index contributed by atoms with van der Waals surface area (Å²) in [5.74, 6) is 0.971. The van der Waals surface area contributed by atoms with E-state index < -0.39 is 0 Å². The number of aliphatic imine (C=N–C) groups is 1. The van der Waals surface area contributed by atoms with Crippen LogP contribution in [-0.4, -0.2) is 67.5 Å². The van der Waals surface area contributed by atoms with Gasteiger partial charge in [-0.15, -0.1) is 24.0 Å². The number of benzene rings is 1. The second-order valence-electron chi connectivity index (χ2n) is 7.92. The highest BCUT2D eigenvalue weighted by atomic mass is 127. The maximum absolute atomic E-state index is 12.6. The number of hydrogen-bond acceptors (Lipinski definition) is 4. The van der Waals surface area contributed by atoms with Crippen molar-refractivity contribution in [3.05, 3.63) is 35.4 Å². The number of guanidine groups is 1. The van der Waals surface area contributed by atoms with Gasteiger partial charge in [0.2, 0.25) is 5.91 Å². The van der Waals surface area contributed by atoms with E-state index in [1.807, 2.05) is 17.9 Å². The van der Waals surface area contributed by atoms with Gasteiger partial charge in [0.15, 0.2) is 5.96 Å². The van der Waals surface area contributed by atoms with Gasteiger partial charge < -0.3 is 19.9 Å². The monoisotopic (exact) mass is 542 g/mol. The molecule has 0 aliphatic carbocycles. The molecule has 1 amide bonds. The molecule has 3 rings (SSSR count). The summed E-state index contributed by atoms with van der Waals surface area (Å²) in [5.41, 5.74) is 2.63. The van der Waals surface area contributed by atoms with Crippen LogP contribution < -0.4 is 5.32 Å². The molecule has 0 spiro atoms. The van der Waals surface area contributed by atoms with Gasteiger partial charge in [0, 0.05) is 46.2 Å². The van der Waals surface area contributed by atoms with Crippen molar-refractivity contribution in [3.8, 4) is 0 Å². The minimum absolute atomic E-state index is 0. The molecule has 1 aromatic carbocycles. The Kier molecular flexibility index (Phi) is 10.6. The summed E-state index contributed by atoms with van der Waals surface area (Å²) >= 11 is 0. The minimum atomic E-state index is -0.0843. The molecule has 31 heavy (non-hydrogen) atoms. The summed E-state index contributed by atoms with van der Waals surface area (Å²) in [4.78, 5) is 33.0. The summed E-state index contributed by atoms with van der Waals surface area (Å²) in [6.07, 6.45) is 3.82. The number of nitrogens with one attached hydrogen (secondary N) is 1. The van der Waals surface area contributed by atoms with Crippen LogP contribution in [0.25, 0.3) is 0 Å². The number of rotatable bonds is 6. The summed E-state index contributed by atoms with van der Waals surface area (Å²) in [6.45, 7) is 6.09. The molecule has 2 aliphatic rings. The van der Waals surface area contributed by atoms with E-state index in [2.05, 4.69) is 33.4 Å². The normalized spacial score (nSPS) is 16.9. The van der Waals surface area contributed by atoms with Crippen LogP contribution >= 0.6 is 24.0 Å². The van der Waals surface area contributed by atoms with E-state index >= 15 is 0 Å². The summed E-state index contributed by atoms with van der Waals surface area (Å²) < 4.78 is 5.14. The molecule has 0 bridgehead atoms. The maximum atomic E-state index is 12.6. The van der Waals surface area contributed by atoms with Crippen molar-refractivity contribution < 1.29 is 14.3 Å². The number of nitrogens with zero attached hydrogens (tertiary/aromatic N) is 3. The number of piperidine rings is 1. The van der Waals surface area contributed by atoms with Crippen molar-refractivity contribution in [1.82, 2.24) is 15.1 Å². The van der Waals surface area contributed by atoms with Crippen LogP contribution in [0.4, 0.5) is 0 Å². The number of halogens is 1. The molecule has 2 aliphatic heterocycles. The van der Waals surface area contributed by atoms with E-state index in [1.54, 1.807) is 7.05 Å². The van der Waals surface area contributed by atoms with Crippen molar-refractivity contribution in [2.24, 2.45) is 10.9 Å². The first kappa shape index (κ1) is 25.4. The summed E-state index contributed by atoms with van der Waals surface area (Å²) in [7, 11) is 1.77. The Balaban J connectivity index is 0.00000341. The Labute approximate surface area is 202 Å². The van der Waals surface area contributed by atoms with Crippen molar-refractivity contribution in [2.45, 2.75) is 45.6 Å². The Hall–Kier alpha value is -1.84. The highest BCUT2D eigenvalue weighted by molar-refractivity contribution is 14.0. The predicted molar refractivity (Wildman–Crippen MR) is 133 cm³/mol. The first-order valence-corrected chi connectivity index (χ1v) is 11.1. The van der Waals surface area contributed by atoms with Gasteiger partial charge in [0.05, 0.1) is 12.5 Å². The van der Waals surface area contributed by atoms with Crippen LogP contribution in [0, 0.1) is 5.92 Å². The van der Waals surface area contributed by atoms with Gasteiger partial charge in [0.25, 0.3) is 0 Å². The summed E-state index contributed by atoms with van der Waals surface area (Å²) in [6, 6.07) is 8.37. The topological polar surface area (TPSA) is 74.2 Å². The van der Waals surface area contributed by atoms with Gasteiger partial charge in [-0.1, -0.05) is 24.3 Å². The average Bonchev–Trinajstić information content (AvgIpc) is 2.79. The lowest BCUT2D eigenvalue weighted by molar-refractivity contribution is -0.149. The smallest absolute Gasteiger partial charge is 0.309 e. The fourth-order valence-corrected chi connectivity index (χ4v) is 4.23. The van der Waals surface area contributed by atoms with Crippen LogP contribution in [0.15, 0.2) is 29.3 Å². The lowest BCUT2D eigenvalue weighted by atomic mass is 9.97. The van der Waals surface area contributed by atoms with Gasteiger partial charge in [0.1, 0.15) is 0 Å². The van der Waals surface area contributed by atoms with Gasteiger partial charge >= 0.3 is 5.97 Å². The first-order chi connectivity index (χ1) is 14.6. The van der Waals surface area contributed by atoms with E-state index in [9.17, 15) is 9.59 Å². The van der Waals surface area contributed by atoms with E-state index in [1.165, 1.54) is 11.1 Å². The fourth-order valence-electron chi connectivity index (χ4n) is 4.23. The first-order valence-electron chi connectivity index (χ1n) is 11.1. The molecule has 7 nitrogen and oxygen atoms in total. The minimum Gasteiger partial charge on any atom is -0.466 e. The Morgan fingerprint density at radius 2 is 1.84 bits per heavy atom. The molecule has 0 radical (unpaired) electrons. The van der Waals surface area contributed by atoms with Crippen molar-refractivity contribution in [1.29, 1.82) is 0 Å². The lowest BCUT2D eigenvalue weighted by Crippen LogP contribution is -2.47. The summed E-state index contributed by atoms with van der Waals surface area (Å²) in [5, 5.41) is 3.37. The predicted octanol–water partition coefficient (Wildman–Crippen LogP) is 2.82. The van der Waals surface area contributed by atoms with Crippen LogP contribution in [-0.2, 0) is 27.3 Å². The number of carbonyl (C=O) groups excluding carboxylic acids is 2. The highest BCUT2D eigenvalue weighted by Gasteiger charge is 2.27. The van der Waals surface area contributed by atoms with Gasteiger partial charge in [-0.05, 0) is 43.7 Å². The molecule has 172 valence electrons. The third-order valence-electron chi connectivity index (χ3n) is 5.96. The second-order valence-corrected chi connectivity index (χ2v) is 7.92. The Morgan fingerprint density at radius 1 is 1.13 bits per heavy atom. The molecule has 1 fully saturated rings. The van der Waals surface area contributed by atoms with Crippen LogP contribution in [0.5, 0.6) is 0 Å². The van der Waals surface area contributed by atoms with Gasteiger partial charge in [-0.3, -0.25) is 14.6 Å². The number of likely N-dealkylation sites (tertiary alicyclic amines) is 1. The molecular weight excluding hydrogens is 507 g/mol. The highest BCUT2D eigenvalue weighted by Crippen LogP contribution is 2.20. The molecule has 1 saturated heterocycles. The average molecular weight is 542 g/mol. The Morgan fingerprint density at radius 3 is 2.52 bits per heavy atom. The molecule has 2 heterocycles. The number of fused-ring (bicyclic) bond motifs is 1. The van der Waals surface area contributed by atoms with E-state index in [4.69, 9.17) is 4.74 Å². The SMILES string of the molecule is CCOC(=O)C1CCN(C(=NC)NCCCC(=O)N2CCc3ccccc3C2)CC1.I. The quantitative estimate of drug-likeness (QED) is 0.197. The van der Waals surface area contributed by atoms with Crippen LogP contribution in [0.2, 0.25) is 0 Å². The van der Waals surface area contributed by atoms with E-state index in [-0.39, 0.29) is 41.8 Å². The molecule has 0 saturated carbocycles. The molecule has 0 atom stereocenters. The van der Waals surface area contributed by atoms with Crippen molar-refractivity contribution in [3.63, 3.8) is 0 Å². The zero-order valence-electron chi connectivity index (χ0n) is 18.6. The largest absolute Gasteiger partial charge is 0.466 e. The third kappa shape index (κ3) is 7.08. The molecule has 1 N–H and O–H groups in total. The number of esters is 1. The number of hydrogen-bond donors (Lipinski definition) is 1. The maximum Gasteiger partial charge on any atom is 0.309 e. The molecule has 0 unspecified atom stereocenters. The van der Waals surface area contributed by atoms with Crippen molar-refractivity contribution >= 4 is 41.8 Å². The molecule has 8 heteroatoms. The molecule has 1 aromatic rings. The van der Waals surface area contributed by atoms with E-state index in [0.717, 1.165) is 57.8 Å². The van der Waals surface area contributed by atoms with Crippen LogP contribution in [0.1, 0.15) is 43.7 Å². The Bertz CT molecular complexity index is 763. The zero-order valence-corrected chi connectivity index (χ0v) is 21.0. The van der Waals surface area contributed by atoms with E-state index in [0.29, 0.717) is 19.6 Å². The second kappa shape index (κ2) is 12.9. The zero-order chi connectivity index (χ0) is 21.3. The number of amides is 1. The number of carbonyl (C=O) groups is 2. The van der Waals surface area contributed by atoms with Crippen LogP contribution in [0.3, 0.4) is 0 Å². The fraction of sp³-hybridized carbons (Fsp3) is 0.609. The number of ether oxygens (including phenoxy) is 1. The standard InChI is InChI=1S/C23H34N4O3.HI/c1-3-30-22(29)19-11-14-26(15-12-19)23(24-2)25-13-6-9-21(28)27-16-10-18-7-4-5-8-20(18)17-27;/h4-5,7-8,19H,3,6,9-17H2,1-2H3,(H,24,25);1H. The van der Waals surface area contributed by atoms with Gasteiger partial charge in [-0.2, -0.15) is 0 Å². The lowest BCUT2D eigenvalue weighted by Gasteiger charge is -2.33.